The molecule has 0 aromatic carbocycles. The van der Waals surface area contributed by atoms with E-state index in [1.807, 2.05) is 0 Å². The van der Waals surface area contributed by atoms with Gasteiger partial charge in [-0.2, -0.15) is 0 Å². The third kappa shape index (κ3) is 61.8. The normalized spacial score (nSPS) is 9.00. The van der Waals surface area contributed by atoms with Gasteiger partial charge in [0.05, 0.1) is 0 Å². The van der Waals surface area contributed by atoms with Crippen molar-refractivity contribution in [3.63, 3.8) is 0 Å². The van der Waals surface area contributed by atoms with Crippen molar-refractivity contribution < 1.29 is 0 Å². The van der Waals surface area contributed by atoms with E-state index in [1.54, 1.807) is 0 Å². The Bertz CT molecular complexity index is 24.0. The van der Waals surface area contributed by atoms with Crippen LogP contribution >= 0.6 is 56.3 Å². The number of hydrogen-bond donors (Lipinski definition) is 0. The Morgan fingerprint density at radius 3 is 0.875 bits per heavy atom. The maximum absolute atomic E-state index is 4.99. The molecule has 0 N–H and O–H groups in total. The van der Waals surface area contributed by atoms with E-state index in [0.29, 0.717) is 0 Å². The molecule has 0 bridgehead atoms. The van der Waals surface area contributed by atoms with E-state index in [0.717, 1.165) is 0 Å². The Morgan fingerprint density at radius 2 is 0.875 bits per heavy atom. The predicted octanol–water partition coefficient (Wildman–Crippen LogP) is 3.38. The van der Waals surface area contributed by atoms with Gasteiger partial charge in [0, 0.05) is 0 Å². The molecule has 0 fully saturated rings. The Balaban J connectivity index is 0. The topological polar surface area (TPSA) is 0 Å². The number of rotatable bonds is 0. The summed E-state index contributed by atoms with van der Waals surface area (Å²) >= 11 is -3.80. The fourth-order valence-electron chi connectivity index (χ4n) is 0. The van der Waals surface area contributed by atoms with Crippen LogP contribution in [0, 0.1) is 0 Å². The molecule has 0 unspecified atom stereocenters. The average Bonchev–Trinajstić information content (AvgIpc) is 1.25. The van der Waals surface area contributed by atoms with Gasteiger partial charge >= 0.3 is 84.9 Å². The maximum atomic E-state index is 4.99. The van der Waals surface area contributed by atoms with E-state index in [1.165, 1.54) is 0 Å². The first-order chi connectivity index (χ1) is 3.46. The molecule has 0 atom stereocenters. The summed E-state index contributed by atoms with van der Waals surface area (Å²) in [6.45, 7) is 0. The van der Waals surface area contributed by atoms with Crippen LogP contribution in [0.5, 0.6) is 0 Å². The van der Waals surface area contributed by atoms with Gasteiger partial charge in [0.2, 0.25) is 0 Å². The van der Waals surface area contributed by atoms with Gasteiger partial charge < -0.3 is 0 Å². The van der Waals surface area contributed by atoms with Gasteiger partial charge in [0.25, 0.3) is 0 Å². The molecule has 8 heteroatoms. The Labute approximate surface area is 83.4 Å². The van der Waals surface area contributed by atoms with Gasteiger partial charge in [-0.25, -0.2) is 0 Å². The van der Waals surface area contributed by atoms with Crippen LogP contribution in [0.2, 0.25) is 0 Å². The van der Waals surface area contributed by atoms with Gasteiger partial charge in [-0.1, -0.05) is 0 Å². The molecule has 0 aliphatic heterocycles. The molecule has 0 heterocycles. The summed E-state index contributed by atoms with van der Waals surface area (Å²) < 4.78 is 0. The molecule has 0 radical (unpaired) electrons. The molecule has 8 heavy (non-hydrogen) atoms. The molecule has 0 nitrogen and oxygen atoms in total. The molecular formula is AsCl6Sb. The van der Waals surface area contributed by atoms with Crippen LogP contribution in [0.25, 0.3) is 0 Å². The van der Waals surface area contributed by atoms with Crippen molar-refractivity contribution in [1.29, 1.82) is 0 Å². The van der Waals surface area contributed by atoms with Gasteiger partial charge in [-0.15, -0.1) is 0 Å². The first-order valence-electron chi connectivity index (χ1n) is 1.01. The number of hydrogen-bond acceptors (Lipinski definition) is 0. The second kappa shape index (κ2) is 10.1. The molecule has 0 saturated heterocycles. The van der Waals surface area contributed by atoms with E-state index in [-0.39, 0.29) is 0 Å². The second-order valence-electron chi connectivity index (χ2n) is 0.383. The Hall–Kier alpha value is 3.12. The minimum absolute atomic E-state index is 1.77. The zero-order chi connectivity index (χ0) is 7.15. The molecule has 0 amide bonds. The van der Waals surface area contributed by atoms with Crippen molar-refractivity contribution in [3.8, 4) is 0 Å². The van der Waals surface area contributed by atoms with Crippen LogP contribution in [0.1, 0.15) is 0 Å². The fourth-order valence-corrected chi connectivity index (χ4v) is 0. The van der Waals surface area contributed by atoms with Crippen molar-refractivity contribution >= 4 is 84.9 Å². The first-order valence-corrected chi connectivity index (χ1v) is 18.1. The molecule has 0 saturated carbocycles. The zero-order valence-corrected chi connectivity index (χ0v) is 12.1. The van der Waals surface area contributed by atoms with Crippen LogP contribution in [0.4, 0.5) is 0 Å². The molecule has 0 aromatic rings. The third-order valence-corrected chi connectivity index (χ3v) is 0. The monoisotopic (exact) mass is 406 g/mol. The molecule has 0 aliphatic carbocycles. The van der Waals surface area contributed by atoms with Gasteiger partial charge in [-0.05, 0) is 0 Å². The first kappa shape index (κ1) is 13.7. The van der Waals surface area contributed by atoms with Crippen LogP contribution in [-0.2, 0) is 0 Å². The van der Waals surface area contributed by atoms with E-state index in [4.69, 9.17) is 56.3 Å². The average molecular weight is 409 g/mol. The van der Waals surface area contributed by atoms with E-state index >= 15 is 0 Å². The molecule has 52 valence electrons. The van der Waals surface area contributed by atoms with Crippen LogP contribution < -0.4 is 0 Å². The fraction of sp³-hybridized carbons (Fsp3) is 0. The SMILES string of the molecule is Cl[As](Cl)Cl.[Cl][Sb]([Cl])[Cl]. The molecular weight excluding hydrogens is 409 g/mol. The van der Waals surface area contributed by atoms with Crippen LogP contribution in [-0.4, -0.2) is 28.6 Å². The summed E-state index contributed by atoms with van der Waals surface area (Å²) in [7, 11) is 29.8. The van der Waals surface area contributed by atoms with Crippen LogP contribution in [0.3, 0.4) is 0 Å². The predicted molar refractivity (Wildman–Crippen MR) is 46.6 cm³/mol. The summed E-state index contributed by atoms with van der Waals surface area (Å²) in [5, 5.41) is 0. The van der Waals surface area contributed by atoms with E-state index in [2.05, 4.69) is 0 Å². The van der Waals surface area contributed by atoms with Gasteiger partial charge in [0.15, 0.2) is 0 Å². The summed E-state index contributed by atoms with van der Waals surface area (Å²) in [6, 6.07) is 0. The molecule has 0 aromatic heterocycles. The van der Waals surface area contributed by atoms with Crippen molar-refractivity contribution in [2.45, 2.75) is 0 Å². The standard InChI is InChI=1S/AsCl3.3ClH.Sb/c2-1(3)4;;;;/h;3*1H;/q;;;;+3/p-3. The van der Waals surface area contributed by atoms with Crippen molar-refractivity contribution in [1.82, 2.24) is 0 Å². The minimum atomic E-state index is -2.03. The van der Waals surface area contributed by atoms with Gasteiger partial charge in [0.1, 0.15) is 0 Å². The van der Waals surface area contributed by atoms with E-state index < -0.39 is 28.6 Å². The summed E-state index contributed by atoms with van der Waals surface area (Å²) in [5.41, 5.74) is 0. The second-order valence-corrected chi connectivity index (χ2v) is 20.5. The van der Waals surface area contributed by atoms with Crippen molar-refractivity contribution in [3.05, 3.63) is 0 Å². The zero-order valence-electron chi connectivity index (χ0n) is 3.16. The quantitative estimate of drug-likeness (QED) is 0.539. The van der Waals surface area contributed by atoms with Crippen molar-refractivity contribution in [2.24, 2.45) is 0 Å². The Kier molecular flexibility index (Phi) is 17.3. The van der Waals surface area contributed by atoms with Crippen LogP contribution in [0.15, 0.2) is 0 Å². The summed E-state index contributed by atoms with van der Waals surface area (Å²) in [5.74, 6) is 0. The summed E-state index contributed by atoms with van der Waals surface area (Å²) in [4.78, 5) is 0. The summed E-state index contributed by atoms with van der Waals surface area (Å²) in [6.07, 6.45) is 0. The third-order valence-electron chi connectivity index (χ3n) is 0. The van der Waals surface area contributed by atoms with Gasteiger partial charge in [-0.3, -0.25) is 0 Å². The Morgan fingerprint density at radius 1 is 0.875 bits per heavy atom. The van der Waals surface area contributed by atoms with E-state index in [9.17, 15) is 0 Å². The molecule has 0 aliphatic rings. The molecule has 0 rings (SSSR count). The molecule has 0 spiro atoms. The number of halogens is 6. The van der Waals surface area contributed by atoms with Crippen molar-refractivity contribution in [2.75, 3.05) is 0 Å².